The monoisotopic (exact) mass is 462 g/mol. The number of benzene rings is 1. The van der Waals surface area contributed by atoms with E-state index in [-0.39, 0.29) is 18.1 Å². The number of rotatable bonds is 5. The highest BCUT2D eigenvalue weighted by atomic mass is 16.3. The van der Waals surface area contributed by atoms with Crippen LogP contribution in [0.4, 0.5) is 0 Å². The molecule has 8 rings (SSSR count). The number of fused-ring (bicyclic) bond motifs is 1. The summed E-state index contributed by atoms with van der Waals surface area (Å²) in [7, 11) is 0. The highest BCUT2D eigenvalue weighted by molar-refractivity contribution is 5.74. The Bertz CT molecular complexity index is 972. The summed E-state index contributed by atoms with van der Waals surface area (Å²) in [4.78, 5) is 13.7. The molecule has 0 amide bonds. The quantitative estimate of drug-likeness (QED) is 0.354. The molecular formula is C29H38N2O3. The molecule has 7 aliphatic rings. The molecule has 182 valence electrons. The molecule has 5 nitrogen and oxygen atoms in total. The maximum absolute atomic E-state index is 12.0. The Balaban J connectivity index is 1.22. The summed E-state index contributed by atoms with van der Waals surface area (Å²) in [6.07, 6.45) is 16.0. The fraction of sp³-hybridized carbons (Fsp3) is 0.690. The van der Waals surface area contributed by atoms with Crippen molar-refractivity contribution in [2.24, 2.45) is 23.7 Å². The molecule has 4 heterocycles. The van der Waals surface area contributed by atoms with Crippen LogP contribution in [0, 0.1) is 23.7 Å². The average Bonchev–Trinajstić information content (AvgIpc) is 3.22. The van der Waals surface area contributed by atoms with Gasteiger partial charge in [0, 0.05) is 47.4 Å². The molecule has 0 radical (unpaired) electrons. The summed E-state index contributed by atoms with van der Waals surface area (Å²) in [5.41, 5.74) is 1.36. The standard InChI is InChI=1S/C29H38N2O3/c32-16-17-6-8-19(9-7-17)26(18-4-2-1-3-5-18)28-21-11-15-25-29(34,31(25)28)27(21)23-12-10-20-22(30-23)13-14-24(20)33/h6-9,11,15-16,18,20-28,30,33-34H,1-5,10,12-14H2/t20-,21-,22-,23+,24+,25+,26-,27+,28+,29-,31?/m1/s1. The van der Waals surface area contributed by atoms with Gasteiger partial charge in [0.1, 0.15) is 12.0 Å². The van der Waals surface area contributed by atoms with Gasteiger partial charge in [-0.2, -0.15) is 0 Å². The zero-order chi connectivity index (χ0) is 23.0. The van der Waals surface area contributed by atoms with E-state index in [9.17, 15) is 15.0 Å². The van der Waals surface area contributed by atoms with Crippen LogP contribution in [0.5, 0.6) is 0 Å². The summed E-state index contributed by atoms with van der Waals surface area (Å²) in [5, 5.41) is 26.4. The lowest BCUT2D eigenvalue weighted by Gasteiger charge is -2.45. The van der Waals surface area contributed by atoms with Crippen molar-refractivity contribution >= 4 is 6.29 Å². The molecule has 3 aliphatic carbocycles. The first-order valence-electron chi connectivity index (χ1n) is 13.8. The fourth-order valence-corrected chi connectivity index (χ4v) is 9.19. The molecular weight excluding hydrogens is 424 g/mol. The molecule has 4 bridgehead atoms. The lowest BCUT2D eigenvalue weighted by molar-refractivity contribution is 0.0130. The summed E-state index contributed by atoms with van der Waals surface area (Å²) >= 11 is 0. The normalized spacial score (nSPS) is 47.9. The SMILES string of the molecule is O=Cc1ccc([C@@H](C2CCCCC2)[C@@H]2[C@@H]3C=C[C@@H]4N2[C@]4(O)[C@@H]3[C@@H]2CC[C@H]3[C@@H](O)CC[C@H]3N2)cc1. The zero-order valence-electron chi connectivity index (χ0n) is 19.9. The largest absolute Gasteiger partial charge is 0.393 e. The third-order valence-electron chi connectivity index (χ3n) is 10.7. The van der Waals surface area contributed by atoms with Crippen LogP contribution >= 0.6 is 0 Å². The van der Waals surface area contributed by atoms with Crippen LogP contribution in [-0.4, -0.2) is 57.4 Å². The highest BCUT2D eigenvalue weighted by Crippen LogP contribution is 2.66. The summed E-state index contributed by atoms with van der Waals surface area (Å²) in [6, 6.07) is 9.48. The second kappa shape index (κ2) is 7.99. The van der Waals surface area contributed by atoms with Crippen molar-refractivity contribution in [3.05, 3.63) is 47.5 Å². The summed E-state index contributed by atoms with van der Waals surface area (Å²) in [6.45, 7) is 0. The van der Waals surface area contributed by atoms with E-state index in [0.29, 0.717) is 41.8 Å². The van der Waals surface area contributed by atoms with Gasteiger partial charge in [-0.05, 0) is 50.0 Å². The molecule has 5 heteroatoms. The van der Waals surface area contributed by atoms with Gasteiger partial charge in [-0.1, -0.05) is 55.7 Å². The van der Waals surface area contributed by atoms with Crippen molar-refractivity contribution < 1.29 is 15.0 Å². The van der Waals surface area contributed by atoms with E-state index in [1.165, 1.54) is 37.7 Å². The van der Waals surface area contributed by atoms with Crippen LogP contribution in [0.3, 0.4) is 0 Å². The maximum atomic E-state index is 12.0. The highest BCUT2D eigenvalue weighted by Gasteiger charge is 2.79. The Morgan fingerprint density at radius 3 is 2.50 bits per heavy atom. The molecule has 4 aliphatic heterocycles. The van der Waals surface area contributed by atoms with Crippen LogP contribution < -0.4 is 5.32 Å². The zero-order valence-corrected chi connectivity index (χ0v) is 19.9. The van der Waals surface area contributed by atoms with Crippen molar-refractivity contribution in [1.29, 1.82) is 0 Å². The second-order valence-electron chi connectivity index (χ2n) is 12.1. The Labute approximate surface area is 202 Å². The third-order valence-corrected chi connectivity index (χ3v) is 10.7. The molecule has 3 saturated heterocycles. The minimum Gasteiger partial charge on any atom is -0.393 e. The van der Waals surface area contributed by atoms with Crippen molar-refractivity contribution in [1.82, 2.24) is 10.2 Å². The Kier molecular flexibility index (Phi) is 5.11. The molecule has 34 heavy (non-hydrogen) atoms. The minimum atomic E-state index is -0.721. The van der Waals surface area contributed by atoms with Gasteiger partial charge >= 0.3 is 0 Å². The number of hydrogen-bond acceptors (Lipinski definition) is 5. The number of aldehydes is 1. The van der Waals surface area contributed by atoms with Crippen LogP contribution in [0.15, 0.2) is 36.4 Å². The summed E-state index contributed by atoms with van der Waals surface area (Å²) < 4.78 is 0. The van der Waals surface area contributed by atoms with Crippen molar-refractivity contribution in [2.45, 2.75) is 99.7 Å². The first kappa shape index (κ1) is 21.7. The van der Waals surface area contributed by atoms with E-state index < -0.39 is 5.72 Å². The molecule has 1 unspecified atom stereocenters. The number of aliphatic hydroxyl groups excluding tert-OH is 1. The summed E-state index contributed by atoms with van der Waals surface area (Å²) in [5.74, 6) is 1.96. The van der Waals surface area contributed by atoms with E-state index >= 15 is 0 Å². The van der Waals surface area contributed by atoms with Gasteiger partial charge in [-0.15, -0.1) is 0 Å². The number of carbonyl (C=O) groups excluding carboxylic acids is 1. The third kappa shape index (κ3) is 3.03. The average molecular weight is 463 g/mol. The van der Waals surface area contributed by atoms with Crippen LogP contribution in [0.2, 0.25) is 0 Å². The predicted molar refractivity (Wildman–Crippen MR) is 130 cm³/mol. The second-order valence-corrected chi connectivity index (χ2v) is 12.1. The lowest BCUT2D eigenvalue weighted by atomic mass is 9.65. The molecule has 1 aromatic rings. The number of nitrogens with zero attached hydrogens (tertiary/aromatic N) is 1. The van der Waals surface area contributed by atoms with Crippen molar-refractivity contribution in [3.8, 4) is 0 Å². The first-order chi connectivity index (χ1) is 16.6. The van der Waals surface area contributed by atoms with Gasteiger partial charge in [0.15, 0.2) is 0 Å². The fourth-order valence-electron chi connectivity index (χ4n) is 9.19. The first-order valence-corrected chi connectivity index (χ1v) is 13.8. The Hall–Kier alpha value is -1.53. The number of hydrogen-bond donors (Lipinski definition) is 3. The topological polar surface area (TPSA) is 72.6 Å². The number of aliphatic hydroxyl groups is 2. The van der Waals surface area contributed by atoms with Crippen LogP contribution in [0.25, 0.3) is 0 Å². The van der Waals surface area contributed by atoms with E-state index in [0.717, 1.165) is 37.5 Å². The molecule has 0 aromatic heterocycles. The van der Waals surface area contributed by atoms with E-state index in [2.05, 4.69) is 34.5 Å². The molecule has 2 saturated carbocycles. The molecule has 1 aromatic carbocycles. The molecule has 5 fully saturated rings. The lowest BCUT2D eigenvalue weighted by Crippen LogP contribution is -2.56. The van der Waals surface area contributed by atoms with Gasteiger partial charge in [0.05, 0.1) is 12.1 Å². The van der Waals surface area contributed by atoms with Gasteiger partial charge in [-0.3, -0.25) is 9.69 Å². The predicted octanol–water partition coefficient (Wildman–Crippen LogP) is 3.61. The van der Waals surface area contributed by atoms with E-state index in [1.807, 2.05) is 12.1 Å². The van der Waals surface area contributed by atoms with Gasteiger partial charge in [0.25, 0.3) is 0 Å². The van der Waals surface area contributed by atoms with E-state index in [4.69, 9.17) is 0 Å². The number of carbonyl (C=O) groups is 1. The van der Waals surface area contributed by atoms with Gasteiger partial charge < -0.3 is 15.5 Å². The number of nitrogens with one attached hydrogen (secondary N) is 1. The van der Waals surface area contributed by atoms with Gasteiger partial charge in [0.2, 0.25) is 0 Å². The molecule has 0 spiro atoms. The van der Waals surface area contributed by atoms with Crippen LogP contribution in [0.1, 0.15) is 79.6 Å². The number of piperidine rings is 2. The van der Waals surface area contributed by atoms with Crippen molar-refractivity contribution in [3.63, 3.8) is 0 Å². The molecule has 3 N–H and O–H groups in total. The Morgan fingerprint density at radius 2 is 1.74 bits per heavy atom. The van der Waals surface area contributed by atoms with E-state index in [1.54, 1.807) is 0 Å². The van der Waals surface area contributed by atoms with Gasteiger partial charge in [-0.25, -0.2) is 0 Å². The minimum absolute atomic E-state index is 0.140. The van der Waals surface area contributed by atoms with Crippen LogP contribution in [-0.2, 0) is 0 Å². The van der Waals surface area contributed by atoms with Crippen molar-refractivity contribution in [2.75, 3.05) is 0 Å². The Morgan fingerprint density at radius 1 is 0.971 bits per heavy atom. The smallest absolute Gasteiger partial charge is 0.150 e. The molecule has 11 atom stereocenters. The maximum Gasteiger partial charge on any atom is 0.150 e.